The molecule has 1 aromatic carbocycles. The maximum absolute atomic E-state index is 13.0. The molecule has 6 heteroatoms. The molecule has 0 unspecified atom stereocenters. The van der Waals surface area contributed by atoms with Gasteiger partial charge in [0, 0.05) is 42.5 Å². The molecular formula is C18H17ClN2O3. The predicted octanol–water partition coefficient (Wildman–Crippen LogP) is 2.71. The first-order chi connectivity index (χ1) is 11.4. The number of ketones is 1. The van der Waals surface area contributed by atoms with Gasteiger partial charge in [-0.1, -0.05) is 11.6 Å². The summed E-state index contributed by atoms with van der Waals surface area (Å²) in [4.78, 5) is 39.0. The summed E-state index contributed by atoms with van der Waals surface area (Å²) in [5.41, 5.74) is 1.31. The zero-order valence-electron chi connectivity index (χ0n) is 13.5. The summed E-state index contributed by atoms with van der Waals surface area (Å²) in [7, 11) is 3.16. The highest BCUT2D eigenvalue weighted by molar-refractivity contribution is 6.30. The Bertz CT molecular complexity index is 882. The second-order valence-electron chi connectivity index (χ2n) is 6.01. The lowest BCUT2D eigenvalue weighted by atomic mass is 9.92. The Morgan fingerprint density at radius 2 is 1.79 bits per heavy atom. The number of rotatable bonds is 2. The number of halogens is 1. The lowest BCUT2D eigenvalue weighted by molar-refractivity contribution is 0.0825. The van der Waals surface area contributed by atoms with Crippen LogP contribution in [-0.2, 0) is 6.42 Å². The molecule has 0 radical (unpaired) electrons. The number of Topliss-reactive ketones (excluding diaryl/α,β-unsaturated/α-hetero) is 1. The van der Waals surface area contributed by atoms with Crippen LogP contribution in [0.1, 0.15) is 39.3 Å². The minimum absolute atomic E-state index is 0.00366. The number of pyridine rings is 1. The van der Waals surface area contributed by atoms with Gasteiger partial charge in [0.15, 0.2) is 5.78 Å². The second-order valence-corrected chi connectivity index (χ2v) is 6.45. The molecule has 1 amide bonds. The van der Waals surface area contributed by atoms with E-state index in [1.54, 1.807) is 38.4 Å². The van der Waals surface area contributed by atoms with E-state index >= 15 is 0 Å². The van der Waals surface area contributed by atoms with Gasteiger partial charge in [-0.15, -0.1) is 0 Å². The third kappa shape index (κ3) is 2.76. The van der Waals surface area contributed by atoms with Crippen molar-refractivity contribution in [2.45, 2.75) is 19.3 Å². The van der Waals surface area contributed by atoms with Gasteiger partial charge in [0.2, 0.25) is 0 Å². The van der Waals surface area contributed by atoms with Crippen molar-refractivity contribution in [1.29, 1.82) is 0 Å². The minimum Gasteiger partial charge on any atom is -0.345 e. The van der Waals surface area contributed by atoms with E-state index in [2.05, 4.69) is 0 Å². The van der Waals surface area contributed by atoms with E-state index in [0.29, 0.717) is 41.2 Å². The first kappa shape index (κ1) is 16.5. The fourth-order valence-electron chi connectivity index (χ4n) is 2.95. The van der Waals surface area contributed by atoms with E-state index in [0.717, 1.165) is 0 Å². The number of carbonyl (C=O) groups is 2. The number of aromatic nitrogens is 1. The van der Waals surface area contributed by atoms with Gasteiger partial charge in [0.25, 0.3) is 11.5 Å². The molecule has 0 saturated heterocycles. The molecule has 5 nitrogen and oxygen atoms in total. The van der Waals surface area contributed by atoms with Gasteiger partial charge >= 0.3 is 0 Å². The van der Waals surface area contributed by atoms with Crippen LogP contribution in [0, 0.1) is 0 Å². The molecule has 1 aliphatic rings. The summed E-state index contributed by atoms with van der Waals surface area (Å²) < 4.78 is 1.47. The molecule has 0 aliphatic heterocycles. The largest absolute Gasteiger partial charge is 0.345 e. The van der Waals surface area contributed by atoms with Gasteiger partial charge in [0.05, 0.1) is 0 Å². The lowest BCUT2D eigenvalue weighted by Gasteiger charge is -2.22. The predicted molar refractivity (Wildman–Crippen MR) is 92.3 cm³/mol. The van der Waals surface area contributed by atoms with E-state index in [1.807, 2.05) is 0 Å². The van der Waals surface area contributed by atoms with Crippen molar-refractivity contribution < 1.29 is 9.59 Å². The summed E-state index contributed by atoms with van der Waals surface area (Å²) in [5.74, 6) is -0.448. The summed E-state index contributed by atoms with van der Waals surface area (Å²) in [5, 5.41) is 0.553. The third-order valence-electron chi connectivity index (χ3n) is 4.14. The number of amides is 1. The van der Waals surface area contributed by atoms with E-state index < -0.39 is 11.5 Å². The molecule has 0 atom stereocenters. The zero-order valence-corrected chi connectivity index (χ0v) is 14.3. The number of carbonyl (C=O) groups excluding carboxylic acids is 2. The topological polar surface area (TPSA) is 59.4 Å². The molecule has 124 valence electrons. The standard InChI is InChI=1S/C18H17ClN2O3/c1-20(2)17(23)14-10-13-15(4-3-5-16(13)22)21(18(14)24)12-8-6-11(19)7-9-12/h6-10H,3-5H2,1-2H3. The molecule has 1 aliphatic carbocycles. The maximum atomic E-state index is 13.0. The van der Waals surface area contributed by atoms with E-state index in [4.69, 9.17) is 11.6 Å². The fraction of sp³-hybridized carbons (Fsp3) is 0.278. The molecule has 0 saturated carbocycles. The molecule has 24 heavy (non-hydrogen) atoms. The Hall–Kier alpha value is -2.40. The molecule has 0 fully saturated rings. The van der Waals surface area contributed by atoms with Crippen molar-refractivity contribution in [2.24, 2.45) is 0 Å². The Balaban J connectivity index is 2.33. The molecular weight excluding hydrogens is 328 g/mol. The van der Waals surface area contributed by atoms with Crippen LogP contribution in [0.3, 0.4) is 0 Å². The van der Waals surface area contributed by atoms with Crippen molar-refractivity contribution in [3.8, 4) is 5.69 Å². The SMILES string of the molecule is CN(C)C(=O)c1cc2c(n(-c3ccc(Cl)cc3)c1=O)CCCC2=O. The highest BCUT2D eigenvalue weighted by Crippen LogP contribution is 2.24. The third-order valence-corrected chi connectivity index (χ3v) is 4.39. The summed E-state index contributed by atoms with van der Waals surface area (Å²) >= 11 is 5.93. The number of benzene rings is 1. The highest BCUT2D eigenvalue weighted by atomic mass is 35.5. The Morgan fingerprint density at radius 1 is 1.12 bits per heavy atom. The van der Waals surface area contributed by atoms with Crippen LogP contribution in [0.4, 0.5) is 0 Å². The summed E-state index contributed by atoms with van der Waals surface area (Å²) in [6.07, 6.45) is 1.75. The van der Waals surface area contributed by atoms with Crippen LogP contribution < -0.4 is 5.56 Å². The van der Waals surface area contributed by atoms with Crippen LogP contribution in [-0.4, -0.2) is 35.3 Å². The molecule has 0 N–H and O–H groups in total. The number of fused-ring (bicyclic) bond motifs is 1. The van der Waals surface area contributed by atoms with Gasteiger partial charge in [-0.3, -0.25) is 19.0 Å². The Labute approximate surface area is 144 Å². The summed E-state index contributed by atoms with van der Waals surface area (Å²) in [6.45, 7) is 0. The molecule has 1 aromatic heterocycles. The van der Waals surface area contributed by atoms with Crippen molar-refractivity contribution in [2.75, 3.05) is 14.1 Å². The first-order valence-corrected chi connectivity index (χ1v) is 8.07. The highest BCUT2D eigenvalue weighted by Gasteiger charge is 2.26. The van der Waals surface area contributed by atoms with Crippen molar-refractivity contribution in [1.82, 2.24) is 9.47 Å². The van der Waals surface area contributed by atoms with Crippen molar-refractivity contribution in [3.05, 3.63) is 62.5 Å². The summed E-state index contributed by atoms with van der Waals surface area (Å²) in [6, 6.07) is 8.25. The monoisotopic (exact) mass is 344 g/mol. The molecule has 0 spiro atoms. The normalized spacial score (nSPS) is 13.5. The van der Waals surface area contributed by atoms with E-state index in [1.165, 1.54) is 15.5 Å². The van der Waals surface area contributed by atoms with E-state index in [9.17, 15) is 14.4 Å². The molecule has 0 bridgehead atoms. The average Bonchev–Trinajstić information content (AvgIpc) is 2.55. The van der Waals surface area contributed by atoms with Gasteiger partial charge < -0.3 is 4.90 Å². The Kier molecular flexibility index (Phi) is 4.28. The Morgan fingerprint density at radius 3 is 2.42 bits per heavy atom. The fourth-order valence-corrected chi connectivity index (χ4v) is 3.08. The molecule has 1 heterocycles. The minimum atomic E-state index is -0.413. The number of hydrogen-bond acceptors (Lipinski definition) is 3. The average molecular weight is 345 g/mol. The molecule has 3 rings (SSSR count). The molecule has 2 aromatic rings. The maximum Gasteiger partial charge on any atom is 0.268 e. The van der Waals surface area contributed by atoms with Crippen molar-refractivity contribution in [3.63, 3.8) is 0 Å². The van der Waals surface area contributed by atoms with Gasteiger partial charge in [-0.25, -0.2) is 0 Å². The van der Waals surface area contributed by atoms with Crippen LogP contribution >= 0.6 is 11.6 Å². The van der Waals surface area contributed by atoms with Crippen LogP contribution in [0.2, 0.25) is 5.02 Å². The first-order valence-electron chi connectivity index (χ1n) is 7.70. The number of nitrogens with zero attached hydrogens (tertiary/aromatic N) is 2. The van der Waals surface area contributed by atoms with Crippen LogP contribution in [0.15, 0.2) is 35.1 Å². The van der Waals surface area contributed by atoms with Gasteiger partial charge in [-0.2, -0.15) is 0 Å². The zero-order chi connectivity index (χ0) is 17.4. The van der Waals surface area contributed by atoms with E-state index in [-0.39, 0.29) is 11.3 Å². The quantitative estimate of drug-likeness (QED) is 0.841. The van der Waals surface area contributed by atoms with Crippen LogP contribution in [0.25, 0.3) is 5.69 Å². The van der Waals surface area contributed by atoms with Gasteiger partial charge in [0.1, 0.15) is 5.56 Å². The van der Waals surface area contributed by atoms with Crippen molar-refractivity contribution >= 4 is 23.3 Å². The van der Waals surface area contributed by atoms with Gasteiger partial charge in [-0.05, 0) is 43.2 Å². The lowest BCUT2D eigenvalue weighted by Crippen LogP contribution is -2.35. The van der Waals surface area contributed by atoms with Crippen LogP contribution in [0.5, 0.6) is 0 Å². The number of hydrogen-bond donors (Lipinski definition) is 0. The smallest absolute Gasteiger partial charge is 0.268 e. The second kappa shape index (κ2) is 6.24.